The molecule has 0 amide bonds. The fourth-order valence-electron chi connectivity index (χ4n) is 8.74. The van der Waals surface area contributed by atoms with E-state index in [1.54, 1.807) is 0 Å². The normalized spacial score (nSPS) is 47.1. The van der Waals surface area contributed by atoms with Gasteiger partial charge in [-0.15, -0.1) is 0 Å². The van der Waals surface area contributed by atoms with Gasteiger partial charge in [-0.1, -0.05) is 19.9 Å². The second-order valence-electron chi connectivity index (χ2n) is 11.1. The standard InChI is InChI=1S/C25H36N2O2/c1-24-12-11-19-17(18(24)8-9-20(24)23(28)29)7-10-22-25(19,2)14-16(15-27(22)3)21-6-4-5-13-26-21/h4-6,13,16-20,22H,7-12,14-15H2,1-3H3,(H,28,29)/t16?,17-,18-,19-,20+,22+,24-,25+/m0/s1. The summed E-state index contributed by atoms with van der Waals surface area (Å²) in [6.45, 7) is 5.97. The molecule has 1 saturated heterocycles. The first kappa shape index (κ1) is 19.5. The molecule has 5 rings (SSSR count). The van der Waals surface area contributed by atoms with Crippen LogP contribution in [-0.2, 0) is 4.79 Å². The summed E-state index contributed by atoms with van der Waals surface area (Å²) in [7, 11) is 2.32. The molecule has 0 spiro atoms. The van der Waals surface area contributed by atoms with Crippen LogP contribution in [0.1, 0.15) is 70.4 Å². The quantitative estimate of drug-likeness (QED) is 0.779. The molecule has 4 fully saturated rings. The Morgan fingerprint density at radius 1 is 1.10 bits per heavy atom. The predicted octanol–water partition coefficient (Wildman–Crippen LogP) is 4.81. The Morgan fingerprint density at radius 2 is 1.90 bits per heavy atom. The first-order valence-corrected chi connectivity index (χ1v) is 11.7. The summed E-state index contributed by atoms with van der Waals surface area (Å²) in [5.41, 5.74) is 1.56. The number of nitrogens with zero attached hydrogens (tertiary/aromatic N) is 2. The average Bonchev–Trinajstić information content (AvgIpc) is 3.05. The monoisotopic (exact) mass is 396 g/mol. The molecule has 8 atom stereocenters. The molecule has 29 heavy (non-hydrogen) atoms. The smallest absolute Gasteiger partial charge is 0.307 e. The van der Waals surface area contributed by atoms with E-state index in [9.17, 15) is 9.90 Å². The van der Waals surface area contributed by atoms with E-state index >= 15 is 0 Å². The van der Waals surface area contributed by atoms with Gasteiger partial charge >= 0.3 is 5.97 Å². The molecule has 1 aliphatic heterocycles. The molecule has 4 heteroatoms. The zero-order chi connectivity index (χ0) is 20.4. The van der Waals surface area contributed by atoms with E-state index in [0.717, 1.165) is 31.7 Å². The number of carboxylic acids is 1. The second kappa shape index (κ2) is 6.80. The van der Waals surface area contributed by atoms with E-state index in [1.807, 2.05) is 12.3 Å². The summed E-state index contributed by atoms with van der Waals surface area (Å²) < 4.78 is 0. The van der Waals surface area contributed by atoms with Crippen LogP contribution in [0.5, 0.6) is 0 Å². The minimum absolute atomic E-state index is 0.0111. The van der Waals surface area contributed by atoms with Gasteiger partial charge in [0.2, 0.25) is 0 Å². The first-order valence-electron chi connectivity index (χ1n) is 11.7. The van der Waals surface area contributed by atoms with Crippen molar-refractivity contribution in [2.24, 2.45) is 34.5 Å². The van der Waals surface area contributed by atoms with Crippen molar-refractivity contribution < 1.29 is 9.90 Å². The number of aliphatic carboxylic acids is 1. The molecule has 0 bridgehead atoms. The van der Waals surface area contributed by atoms with Gasteiger partial charge in [-0.25, -0.2) is 0 Å². The summed E-state index contributed by atoms with van der Waals surface area (Å²) in [6.07, 6.45) is 10.0. The Hall–Kier alpha value is -1.42. The fourth-order valence-corrected chi connectivity index (χ4v) is 8.74. The largest absolute Gasteiger partial charge is 0.481 e. The van der Waals surface area contributed by atoms with Crippen LogP contribution in [0.3, 0.4) is 0 Å². The van der Waals surface area contributed by atoms with Crippen molar-refractivity contribution in [1.82, 2.24) is 9.88 Å². The summed E-state index contributed by atoms with van der Waals surface area (Å²) in [6, 6.07) is 6.99. The Morgan fingerprint density at radius 3 is 2.62 bits per heavy atom. The highest BCUT2D eigenvalue weighted by Crippen LogP contribution is 2.66. The maximum atomic E-state index is 11.9. The lowest BCUT2D eigenvalue weighted by atomic mass is 9.46. The maximum Gasteiger partial charge on any atom is 0.307 e. The lowest BCUT2D eigenvalue weighted by Crippen LogP contribution is -2.61. The van der Waals surface area contributed by atoms with Crippen LogP contribution in [0.2, 0.25) is 0 Å². The number of hydrogen-bond donors (Lipinski definition) is 1. The van der Waals surface area contributed by atoms with E-state index in [4.69, 9.17) is 4.98 Å². The third-order valence-corrected chi connectivity index (χ3v) is 9.95. The molecule has 2 heterocycles. The Bertz CT molecular complexity index is 782. The zero-order valence-electron chi connectivity index (χ0n) is 18.2. The van der Waals surface area contributed by atoms with Crippen LogP contribution >= 0.6 is 0 Å². The van der Waals surface area contributed by atoms with Crippen molar-refractivity contribution in [3.63, 3.8) is 0 Å². The van der Waals surface area contributed by atoms with Crippen LogP contribution in [-0.4, -0.2) is 40.6 Å². The number of pyridine rings is 1. The molecule has 1 unspecified atom stereocenters. The Labute approximate surface area is 175 Å². The van der Waals surface area contributed by atoms with E-state index in [1.165, 1.54) is 31.4 Å². The van der Waals surface area contributed by atoms with Crippen molar-refractivity contribution in [2.45, 2.75) is 70.8 Å². The van der Waals surface area contributed by atoms with Gasteiger partial charge in [0, 0.05) is 30.4 Å². The van der Waals surface area contributed by atoms with Crippen molar-refractivity contribution in [1.29, 1.82) is 0 Å². The molecule has 3 aliphatic carbocycles. The SMILES string of the molecule is CN1CC(c2ccccn2)C[C@]2(C)[C@H]3CC[C@]4(C)[C@@H](C(=O)O)CC[C@H]4[C@@H]3CC[C@@H]12. The van der Waals surface area contributed by atoms with Crippen molar-refractivity contribution in [3.05, 3.63) is 30.1 Å². The van der Waals surface area contributed by atoms with E-state index < -0.39 is 5.97 Å². The Balaban J connectivity index is 1.45. The van der Waals surface area contributed by atoms with Crippen LogP contribution in [0.15, 0.2) is 24.4 Å². The van der Waals surface area contributed by atoms with Crippen LogP contribution in [0, 0.1) is 34.5 Å². The fraction of sp³-hybridized carbons (Fsp3) is 0.760. The minimum Gasteiger partial charge on any atom is -0.481 e. The van der Waals surface area contributed by atoms with E-state index in [-0.39, 0.29) is 11.3 Å². The molecule has 1 aromatic rings. The number of likely N-dealkylation sites (N-methyl/N-ethyl adjacent to an activating group) is 1. The second-order valence-corrected chi connectivity index (χ2v) is 11.1. The molecule has 1 aromatic heterocycles. The number of carboxylic acid groups (broad SMARTS) is 1. The van der Waals surface area contributed by atoms with E-state index in [2.05, 4.69) is 37.9 Å². The van der Waals surface area contributed by atoms with Gasteiger partial charge in [0.15, 0.2) is 0 Å². The minimum atomic E-state index is -0.555. The molecular weight excluding hydrogens is 360 g/mol. The number of piperidine rings is 1. The lowest BCUT2D eigenvalue weighted by molar-refractivity contribution is -0.154. The predicted molar refractivity (Wildman–Crippen MR) is 114 cm³/mol. The summed E-state index contributed by atoms with van der Waals surface area (Å²) >= 11 is 0. The number of rotatable bonds is 2. The molecular formula is C25H36N2O2. The highest BCUT2D eigenvalue weighted by Gasteiger charge is 2.62. The molecule has 0 radical (unpaired) electrons. The number of hydrogen-bond acceptors (Lipinski definition) is 3. The molecule has 4 aliphatic rings. The zero-order valence-corrected chi connectivity index (χ0v) is 18.2. The Kier molecular flexibility index (Phi) is 4.58. The van der Waals surface area contributed by atoms with Gasteiger partial charge in [0.1, 0.15) is 0 Å². The lowest BCUT2D eigenvalue weighted by Gasteiger charge is -2.63. The van der Waals surface area contributed by atoms with Gasteiger partial charge < -0.3 is 10.0 Å². The van der Waals surface area contributed by atoms with E-state index in [0.29, 0.717) is 29.2 Å². The van der Waals surface area contributed by atoms with Crippen LogP contribution in [0.25, 0.3) is 0 Å². The summed E-state index contributed by atoms with van der Waals surface area (Å²) in [4.78, 5) is 19.3. The number of carbonyl (C=O) groups is 1. The van der Waals surface area contributed by atoms with Crippen LogP contribution in [0.4, 0.5) is 0 Å². The van der Waals surface area contributed by atoms with Gasteiger partial charge in [-0.2, -0.15) is 0 Å². The van der Waals surface area contributed by atoms with Crippen molar-refractivity contribution in [3.8, 4) is 0 Å². The topological polar surface area (TPSA) is 53.4 Å². The van der Waals surface area contributed by atoms with Crippen molar-refractivity contribution in [2.75, 3.05) is 13.6 Å². The highest BCUT2D eigenvalue weighted by molar-refractivity contribution is 5.71. The van der Waals surface area contributed by atoms with Gasteiger partial charge in [0.05, 0.1) is 5.92 Å². The highest BCUT2D eigenvalue weighted by atomic mass is 16.4. The van der Waals surface area contributed by atoms with Crippen LogP contribution < -0.4 is 0 Å². The molecule has 1 N–H and O–H groups in total. The molecule has 158 valence electrons. The maximum absolute atomic E-state index is 11.9. The third kappa shape index (κ3) is 2.81. The number of fused-ring (bicyclic) bond motifs is 5. The number of aromatic nitrogens is 1. The molecule has 4 nitrogen and oxygen atoms in total. The van der Waals surface area contributed by atoms with Gasteiger partial charge in [-0.3, -0.25) is 9.78 Å². The average molecular weight is 397 g/mol. The number of likely N-dealkylation sites (tertiary alicyclic amines) is 1. The third-order valence-electron chi connectivity index (χ3n) is 9.95. The molecule has 0 aromatic carbocycles. The van der Waals surface area contributed by atoms with Gasteiger partial charge in [0.25, 0.3) is 0 Å². The molecule has 3 saturated carbocycles. The summed E-state index contributed by atoms with van der Waals surface area (Å²) in [5, 5.41) is 9.83. The van der Waals surface area contributed by atoms with Gasteiger partial charge in [-0.05, 0) is 92.7 Å². The van der Waals surface area contributed by atoms with Crippen molar-refractivity contribution >= 4 is 5.97 Å². The first-order chi connectivity index (χ1) is 13.8. The summed E-state index contributed by atoms with van der Waals surface area (Å²) in [5.74, 6) is 1.84.